The number of carbonyl (C=O) groups excluding carboxylic acids is 5. The molecule has 1 aromatic heterocycles. The zero-order valence-corrected chi connectivity index (χ0v) is 51.9. The number of morpholine rings is 1. The molecule has 4 heterocycles. The van der Waals surface area contributed by atoms with Gasteiger partial charge < -0.3 is 68.0 Å². The summed E-state index contributed by atoms with van der Waals surface area (Å²) in [5.74, 6) is -2.94. The van der Waals surface area contributed by atoms with E-state index in [1.807, 2.05) is 23.4 Å². The van der Waals surface area contributed by atoms with Crippen molar-refractivity contribution < 1.29 is 86.7 Å². The summed E-state index contributed by atoms with van der Waals surface area (Å²) in [6, 6.07) is 4.16. The summed E-state index contributed by atoms with van der Waals surface area (Å²) < 4.78 is 60.3. The van der Waals surface area contributed by atoms with Gasteiger partial charge in [0.1, 0.15) is 23.4 Å². The van der Waals surface area contributed by atoms with Crippen molar-refractivity contribution in [3.05, 3.63) is 63.0 Å². The SMILES string of the molecule is COc1cccc2c1C(=O)c1c(O)c3c(c(O)c1C2=O)C[C@@](O)(C(=O)NNC(=O)CCOCCOCCOCCOCCNC(=O)CCCn1nnc(CSC2CCCCCCCC2)c1CSC)C[C@@H]3O[C@H]1C[C@H]2[C@H](O[C@@H]3[C@@H](OC)OCCN32)[C@H](C)O1. The summed E-state index contributed by atoms with van der Waals surface area (Å²) in [7, 11) is 2.86. The number of ether oxygens (including phenoxy) is 10. The van der Waals surface area contributed by atoms with Crippen molar-refractivity contribution in [3.63, 3.8) is 0 Å². The van der Waals surface area contributed by atoms with E-state index in [0.717, 1.165) is 22.9 Å². The van der Waals surface area contributed by atoms with Crippen molar-refractivity contribution in [1.29, 1.82) is 0 Å². The molecule has 480 valence electrons. The second-order valence-electron chi connectivity index (χ2n) is 22.6. The maximum atomic E-state index is 14.3. The number of phenolic OH excluding ortho intramolecular Hbond substituents is 2. The highest BCUT2D eigenvalue weighted by molar-refractivity contribution is 7.99. The molecule has 3 amide bonds. The standard InChI is InChI=1S/C60H85N7O18S2/c1-36-56-41(66-21-24-82-58(77-3)57(66)85-56)31-47(83-36)84-44-33-60(75,32-39-49(44)55(73)51-50(53(39)71)52(70)38-15-11-16-43(76-2)48(38)54(51)72)59(74)64-63-46(69)18-22-78-25-27-80-29-30-81-28-26-79-23-19-61-45(68)17-12-20-67-42(35-86-4)40(62-65-67)34-87-37-13-9-7-5-6-8-10-14-37/h11,15-16,36-37,41,44,47,56-58,71,73,75H,5-10,12-14,17-35H2,1-4H3,(H,61,68)(H,63,69)(H,64,74)/t36-,41-,44-,47-,56+,57+,58-,60-/m0/s1. The second-order valence-corrected chi connectivity index (χ2v) is 24.8. The Morgan fingerprint density at radius 2 is 1.53 bits per heavy atom. The molecule has 3 aliphatic carbocycles. The maximum absolute atomic E-state index is 14.3. The number of aryl methyl sites for hydroxylation is 1. The van der Waals surface area contributed by atoms with Gasteiger partial charge in [-0.25, -0.2) is 4.68 Å². The molecule has 8 atom stereocenters. The summed E-state index contributed by atoms with van der Waals surface area (Å²) in [5, 5.41) is 49.0. The van der Waals surface area contributed by atoms with Crippen LogP contribution in [0.3, 0.4) is 0 Å². The maximum Gasteiger partial charge on any atom is 0.270 e. The van der Waals surface area contributed by atoms with Crippen LogP contribution in [0.2, 0.25) is 0 Å². The van der Waals surface area contributed by atoms with E-state index in [2.05, 4.69) is 37.6 Å². The number of aromatic nitrogens is 3. The number of hydrogen-bond donors (Lipinski definition) is 6. The lowest BCUT2D eigenvalue weighted by molar-refractivity contribution is -0.256. The fraction of sp³-hybridized carbons (Fsp3) is 0.683. The Labute approximate surface area is 515 Å². The van der Waals surface area contributed by atoms with Crippen molar-refractivity contribution in [2.75, 3.05) is 93.0 Å². The van der Waals surface area contributed by atoms with Crippen molar-refractivity contribution in [3.8, 4) is 17.2 Å². The van der Waals surface area contributed by atoms with Crippen LogP contribution < -0.4 is 20.9 Å². The van der Waals surface area contributed by atoms with E-state index < -0.39 is 102 Å². The highest BCUT2D eigenvalue weighted by Gasteiger charge is 2.55. The largest absolute Gasteiger partial charge is 0.507 e. The quantitative estimate of drug-likeness (QED) is 0.0247. The lowest BCUT2D eigenvalue weighted by Gasteiger charge is -2.43. The van der Waals surface area contributed by atoms with Gasteiger partial charge in [-0.2, -0.15) is 23.5 Å². The summed E-state index contributed by atoms with van der Waals surface area (Å²) in [6.07, 6.45) is 8.04. The first kappa shape index (κ1) is 66.4. The number of ketones is 2. The van der Waals surface area contributed by atoms with Crippen molar-refractivity contribution in [2.24, 2.45) is 0 Å². The summed E-state index contributed by atoms with van der Waals surface area (Å²) in [4.78, 5) is 70.0. The summed E-state index contributed by atoms with van der Waals surface area (Å²) in [5.41, 5.74) is 2.86. The minimum Gasteiger partial charge on any atom is -0.507 e. The molecule has 3 aromatic rings. The average Bonchev–Trinajstić information content (AvgIpc) is 1.31. The molecule has 6 aliphatic rings. The molecule has 0 unspecified atom stereocenters. The van der Waals surface area contributed by atoms with Crippen LogP contribution in [0.4, 0.5) is 0 Å². The number of thioether (sulfide) groups is 2. The molecule has 87 heavy (non-hydrogen) atoms. The number of hydrogen-bond acceptors (Lipinski definition) is 23. The lowest BCUT2D eigenvalue weighted by Crippen LogP contribution is -2.57. The first-order valence-electron chi connectivity index (χ1n) is 30.4. The van der Waals surface area contributed by atoms with Gasteiger partial charge in [-0.3, -0.25) is 39.7 Å². The summed E-state index contributed by atoms with van der Waals surface area (Å²) in [6.45, 7) is 5.78. The second kappa shape index (κ2) is 32.1. The fourth-order valence-corrected chi connectivity index (χ4v) is 14.3. The third kappa shape index (κ3) is 16.3. The molecule has 0 radical (unpaired) electrons. The molecule has 9 rings (SSSR count). The molecule has 0 bridgehead atoms. The first-order chi connectivity index (χ1) is 42.2. The van der Waals surface area contributed by atoms with Crippen LogP contribution in [0.25, 0.3) is 0 Å². The third-order valence-electron chi connectivity index (χ3n) is 16.8. The zero-order valence-electron chi connectivity index (χ0n) is 50.2. The molecule has 4 fully saturated rings. The number of nitrogens with zero attached hydrogens (tertiary/aromatic N) is 4. The number of rotatable bonds is 29. The number of aliphatic hydroxyl groups is 1. The molecule has 25 nitrogen and oxygen atoms in total. The Kier molecular flexibility index (Phi) is 24.5. The molecule has 2 aromatic carbocycles. The van der Waals surface area contributed by atoms with Crippen LogP contribution in [0.5, 0.6) is 17.2 Å². The van der Waals surface area contributed by atoms with Crippen LogP contribution in [0, 0.1) is 0 Å². The number of hydrazine groups is 1. The molecule has 1 saturated carbocycles. The van der Waals surface area contributed by atoms with Crippen molar-refractivity contribution >= 4 is 52.8 Å². The van der Waals surface area contributed by atoms with E-state index in [1.165, 1.54) is 83.8 Å². The van der Waals surface area contributed by atoms with Gasteiger partial charge >= 0.3 is 0 Å². The molecule has 0 spiro atoms. The highest BCUT2D eigenvalue weighted by Crippen LogP contribution is 2.53. The number of aromatic hydroxyl groups is 2. The van der Waals surface area contributed by atoms with Crippen LogP contribution in [0.15, 0.2) is 18.2 Å². The Morgan fingerprint density at radius 3 is 2.24 bits per heavy atom. The molecular formula is C60H85N7O18S2. The molecule has 3 aliphatic heterocycles. The normalized spacial score (nSPS) is 24.8. The lowest BCUT2D eigenvalue weighted by atomic mass is 9.72. The molecule has 6 N–H and O–H groups in total. The third-order valence-corrected chi connectivity index (χ3v) is 18.8. The smallest absolute Gasteiger partial charge is 0.270 e. The van der Waals surface area contributed by atoms with E-state index in [0.29, 0.717) is 77.4 Å². The van der Waals surface area contributed by atoms with Gasteiger partial charge in [0, 0.05) is 91.9 Å². The minimum atomic E-state index is -2.42. The number of methoxy groups -OCH3 is 2. The van der Waals surface area contributed by atoms with E-state index in [1.54, 1.807) is 11.8 Å². The number of carbonyl (C=O) groups is 5. The monoisotopic (exact) mass is 1260 g/mol. The first-order valence-corrected chi connectivity index (χ1v) is 32.8. The zero-order chi connectivity index (χ0) is 61.5. The van der Waals surface area contributed by atoms with E-state index >= 15 is 0 Å². The number of nitrogens with one attached hydrogen (secondary N) is 3. The summed E-state index contributed by atoms with van der Waals surface area (Å²) >= 11 is 3.79. The predicted molar refractivity (Wildman–Crippen MR) is 317 cm³/mol. The average molecular weight is 1260 g/mol. The van der Waals surface area contributed by atoms with Gasteiger partial charge in [-0.05, 0) is 38.5 Å². The van der Waals surface area contributed by atoms with Gasteiger partial charge in [0.2, 0.25) is 17.6 Å². The van der Waals surface area contributed by atoms with Crippen LogP contribution in [-0.4, -0.2) is 205 Å². The van der Waals surface area contributed by atoms with Crippen LogP contribution in [-0.2, 0) is 81.5 Å². The van der Waals surface area contributed by atoms with Crippen molar-refractivity contribution in [1.82, 2.24) is 36.1 Å². The predicted octanol–water partition coefficient (Wildman–Crippen LogP) is 4.54. The van der Waals surface area contributed by atoms with Gasteiger partial charge in [0.25, 0.3) is 5.91 Å². The Hall–Kier alpha value is -5.01. The van der Waals surface area contributed by atoms with Gasteiger partial charge in [-0.15, -0.1) is 5.10 Å². The van der Waals surface area contributed by atoms with E-state index in [-0.39, 0.29) is 72.6 Å². The number of amides is 3. The number of benzene rings is 2. The highest BCUT2D eigenvalue weighted by atomic mass is 32.2. The topological polar surface area (TPSA) is 308 Å². The van der Waals surface area contributed by atoms with Crippen molar-refractivity contribution in [2.45, 2.75) is 169 Å². The molecular weight excluding hydrogens is 1170 g/mol. The van der Waals surface area contributed by atoms with Crippen LogP contribution >= 0.6 is 23.5 Å². The van der Waals surface area contributed by atoms with Crippen LogP contribution in [0.1, 0.15) is 151 Å². The fourth-order valence-electron chi connectivity index (χ4n) is 12.4. The van der Waals surface area contributed by atoms with Gasteiger partial charge in [0.05, 0.1) is 113 Å². The van der Waals surface area contributed by atoms with Gasteiger partial charge in [0.15, 0.2) is 30.2 Å². The Morgan fingerprint density at radius 1 is 0.828 bits per heavy atom. The van der Waals surface area contributed by atoms with E-state index in [9.17, 15) is 39.3 Å². The van der Waals surface area contributed by atoms with E-state index in [4.69, 9.17) is 47.4 Å². The molecule has 27 heteroatoms. The van der Waals surface area contributed by atoms with Gasteiger partial charge in [-0.1, -0.05) is 55.9 Å². The Bertz CT molecular complexity index is 2840. The minimum absolute atomic E-state index is 0.0282. The molecule has 3 saturated heterocycles. The number of fused-ring (bicyclic) bond motifs is 6. The number of phenols is 2. The Balaban J connectivity index is 0.663.